The van der Waals surface area contributed by atoms with Gasteiger partial charge in [-0.1, -0.05) is 20.3 Å². The third-order valence-electron chi connectivity index (χ3n) is 3.46. The van der Waals surface area contributed by atoms with Gasteiger partial charge < -0.3 is 25.4 Å². The van der Waals surface area contributed by atoms with Gasteiger partial charge in [0.05, 0.1) is 31.9 Å². The van der Waals surface area contributed by atoms with Gasteiger partial charge in [0.2, 0.25) is 0 Å². The Kier molecular flexibility index (Phi) is 7.71. The van der Waals surface area contributed by atoms with Crippen molar-refractivity contribution in [2.45, 2.75) is 32.4 Å². The summed E-state index contributed by atoms with van der Waals surface area (Å²) in [6.45, 7) is 3.93. The molecule has 5 nitrogen and oxygen atoms in total. The van der Waals surface area contributed by atoms with Gasteiger partial charge in [-0.2, -0.15) is 0 Å². The van der Waals surface area contributed by atoms with E-state index in [2.05, 4.69) is 0 Å². The number of hydrogen-bond acceptors (Lipinski definition) is 5. The SMILES string of the molecule is CCC(C)[C@@H](O)[C@@H](N)c1c(OC)cc(O)cc1OC.Cl. The summed E-state index contributed by atoms with van der Waals surface area (Å²) in [5, 5.41) is 19.8. The lowest BCUT2D eigenvalue weighted by Gasteiger charge is -2.26. The van der Waals surface area contributed by atoms with Gasteiger partial charge in [0.15, 0.2) is 0 Å². The summed E-state index contributed by atoms with van der Waals surface area (Å²) < 4.78 is 10.4. The van der Waals surface area contributed by atoms with Gasteiger partial charge in [-0.3, -0.25) is 0 Å². The van der Waals surface area contributed by atoms with E-state index in [1.54, 1.807) is 0 Å². The van der Waals surface area contributed by atoms with E-state index in [1.807, 2.05) is 13.8 Å². The number of hydrogen-bond donors (Lipinski definition) is 3. The normalized spacial score (nSPS) is 14.9. The highest BCUT2D eigenvalue weighted by molar-refractivity contribution is 5.85. The molecule has 3 atom stereocenters. The van der Waals surface area contributed by atoms with Crippen LogP contribution < -0.4 is 15.2 Å². The van der Waals surface area contributed by atoms with Crippen molar-refractivity contribution in [3.63, 3.8) is 0 Å². The number of phenols is 1. The van der Waals surface area contributed by atoms with E-state index in [4.69, 9.17) is 15.2 Å². The van der Waals surface area contributed by atoms with Crippen molar-refractivity contribution in [2.24, 2.45) is 11.7 Å². The molecule has 4 N–H and O–H groups in total. The molecule has 0 radical (unpaired) electrons. The van der Waals surface area contributed by atoms with Crippen LogP contribution in [0.5, 0.6) is 17.2 Å². The van der Waals surface area contributed by atoms with Crippen molar-refractivity contribution >= 4 is 12.4 Å². The van der Waals surface area contributed by atoms with E-state index in [1.165, 1.54) is 26.4 Å². The molecule has 1 unspecified atom stereocenters. The summed E-state index contributed by atoms with van der Waals surface area (Å²) in [5.41, 5.74) is 6.69. The fraction of sp³-hybridized carbons (Fsp3) is 0.571. The quantitative estimate of drug-likeness (QED) is 0.750. The zero-order valence-electron chi connectivity index (χ0n) is 12.3. The van der Waals surface area contributed by atoms with E-state index in [9.17, 15) is 10.2 Å². The lowest BCUT2D eigenvalue weighted by Crippen LogP contribution is -2.32. The molecule has 0 aliphatic carbocycles. The number of nitrogens with two attached hydrogens (primary N) is 1. The molecule has 0 aliphatic heterocycles. The maximum atomic E-state index is 10.3. The highest BCUT2D eigenvalue weighted by Gasteiger charge is 2.28. The molecule has 0 fully saturated rings. The molecule has 0 aliphatic rings. The van der Waals surface area contributed by atoms with Crippen molar-refractivity contribution < 1.29 is 19.7 Å². The van der Waals surface area contributed by atoms with Crippen LogP contribution in [0, 0.1) is 5.92 Å². The topological polar surface area (TPSA) is 84.9 Å². The predicted octanol–water partition coefficient (Wildman–Crippen LogP) is 2.24. The van der Waals surface area contributed by atoms with E-state index < -0.39 is 12.1 Å². The van der Waals surface area contributed by atoms with Gasteiger partial charge in [-0.15, -0.1) is 12.4 Å². The maximum Gasteiger partial charge on any atom is 0.131 e. The number of phenolic OH excluding ortho intramolecular Hbond substituents is 1. The maximum absolute atomic E-state index is 10.3. The Hall–Kier alpha value is -1.17. The Morgan fingerprint density at radius 1 is 1.20 bits per heavy atom. The Bertz CT molecular complexity index is 403. The molecule has 0 spiro atoms. The van der Waals surface area contributed by atoms with Crippen LogP contribution in [-0.4, -0.2) is 30.5 Å². The number of aliphatic hydroxyl groups excluding tert-OH is 1. The van der Waals surface area contributed by atoms with Crippen molar-refractivity contribution in [2.75, 3.05) is 14.2 Å². The van der Waals surface area contributed by atoms with Crippen molar-refractivity contribution in [1.29, 1.82) is 0 Å². The molecule has 1 aromatic rings. The lowest BCUT2D eigenvalue weighted by atomic mass is 9.90. The molecule has 0 amide bonds. The molecule has 1 rings (SSSR count). The summed E-state index contributed by atoms with van der Waals surface area (Å²) >= 11 is 0. The Morgan fingerprint density at radius 3 is 2.00 bits per heavy atom. The van der Waals surface area contributed by atoms with Crippen LogP contribution in [0.25, 0.3) is 0 Å². The summed E-state index contributed by atoms with van der Waals surface area (Å²) in [7, 11) is 2.97. The minimum Gasteiger partial charge on any atom is -0.508 e. The van der Waals surface area contributed by atoms with Crippen LogP contribution in [-0.2, 0) is 0 Å². The van der Waals surface area contributed by atoms with Crippen molar-refractivity contribution in [1.82, 2.24) is 0 Å². The van der Waals surface area contributed by atoms with E-state index >= 15 is 0 Å². The second-order valence-electron chi connectivity index (χ2n) is 4.67. The minimum atomic E-state index is -0.711. The first-order chi connectivity index (χ1) is 8.96. The molecule has 6 heteroatoms. The molecule has 0 saturated heterocycles. The van der Waals surface area contributed by atoms with Crippen LogP contribution in [0.2, 0.25) is 0 Å². The van der Waals surface area contributed by atoms with Crippen LogP contribution in [0.4, 0.5) is 0 Å². The van der Waals surface area contributed by atoms with Gasteiger partial charge >= 0.3 is 0 Å². The highest BCUT2D eigenvalue weighted by Crippen LogP contribution is 2.39. The first-order valence-electron chi connectivity index (χ1n) is 6.34. The molecule has 116 valence electrons. The van der Waals surface area contributed by atoms with Crippen LogP contribution >= 0.6 is 12.4 Å². The number of aliphatic hydroxyl groups is 1. The fourth-order valence-electron chi connectivity index (χ4n) is 2.02. The molecule has 1 aromatic carbocycles. The van der Waals surface area contributed by atoms with E-state index in [0.29, 0.717) is 17.1 Å². The zero-order valence-corrected chi connectivity index (χ0v) is 13.1. The molecule has 20 heavy (non-hydrogen) atoms. The predicted molar refractivity (Wildman–Crippen MR) is 80.8 cm³/mol. The summed E-state index contributed by atoms with van der Waals surface area (Å²) in [6.07, 6.45) is 0.106. The summed E-state index contributed by atoms with van der Waals surface area (Å²) in [6, 6.07) is 2.28. The Balaban J connectivity index is 0.00000361. The first kappa shape index (κ1) is 18.8. The fourth-order valence-corrected chi connectivity index (χ4v) is 2.02. The molecule has 0 bridgehead atoms. The van der Waals surface area contributed by atoms with E-state index in [0.717, 1.165) is 6.42 Å². The van der Waals surface area contributed by atoms with Gasteiger partial charge in [0, 0.05) is 12.1 Å². The molecule has 0 aromatic heterocycles. The Morgan fingerprint density at radius 2 is 1.65 bits per heavy atom. The second-order valence-corrected chi connectivity index (χ2v) is 4.67. The molecule has 0 heterocycles. The number of methoxy groups -OCH3 is 2. The van der Waals surface area contributed by atoms with Crippen molar-refractivity contribution in [3.8, 4) is 17.2 Å². The minimum absolute atomic E-state index is 0. The standard InChI is InChI=1S/C14H23NO4.ClH/c1-5-8(2)14(17)13(15)12-10(18-3)6-9(16)7-11(12)19-4;/h6-8,13-14,16-17H,5,15H2,1-4H3;1H/t8?,13-,14+;/m0./s1. The third-order valence-corrected chi connectivity index (χ3v) is 3.46. The van der Waals surface area contributed by atoms with Gasteiger partial charge in [-0.05, 0) is 5.92 Å². The largest absolute Gasteiger partial charge is 0.508 e. The number of benzene rings is 1. The number of rotatable bonds is 6. The number of halogens is 1. The average molecular weight is 306 g/mol. The van der Waals surface area contributed by atoms with E-state index in [-0.39, 0.29) is 24.1 Å². The molecule has 0 saturated carbocycles. The van der Waals surface area contributed by atoms with Gasteiger partial charge in [0.25, 0.3) is 0 Å². The lowest BCUT2D eigenvalue weighted by molar-refractivity contribution is 0.0860. The molecular weight excluding hydrogens is 282 g/mol. The molecular formula is C14H24ClNO4. The van der Waals surface area contributed by atoms with Crippen LogP contribution in [0.3, 0.4) is 0 Å². The van der Waals surface area contributed by atoms with Crippen molar-refractivity contribution in [3.05, 3.63) is 17.7 Å². The monoisotopic (exact) mass is 305 g/mol. The Labute approximate surface area is 126 Å². The average Bonchev–Trinajstić information content (AvgIpc) is 2.43. The van der Waals surface area contributed by atoms with Crippen LogP contribution in [0.15, 0.2) is 12.1 Å². The second kappa shape index (κ2) is 8.19. The van der Waals surface area contributed by atoms with Crippen LogP contribution in [0.1, 0.15) is 31.9 Å². The van der Waals surface area contributed by atoms with Gasteiger partial charge in [0.1, 0.15) is 17.2 Å². The zero-order chi connectivity index (χ0) is 14.6. The third kappa shape index (κ3) is 3.91. The summed E-state index contributed by atoms with van der Waals surface area (Å²) in [5.74, 6) is 0.902. The number of ether oxygens (including phenoxy) is 2. The highest BCUT2D eigenvalue weighted by atomic mass is 35.5. The van der Waals surface area contributed by atoms with Gasteiger partial charge in [-0.25, -0.2) is 0 Å². The summed E-state index contributed by atoms with van der Waals surface area (Å²) in [4.78, 5) is 0. The number of aromatic hydroxyl groups is 1. The first-order valence-corrected chi connectivity index (χ1v) is 6.34. The smallest absolute Gasteiger partial charge is 0.131 e.